The van der Waals surface area contributed by atoms with Crippen molar-refractivity contribution in [3.63, 3.8) is 0 Å². The molecule has 0 saturated carbocycles. The Bertz CT molecular complexity index is 2140. The molecule has 0 aliphatic rings. The highest BCUT2D eigenvalue weighted by atomic mass is 35.5. The highest BCUT2D eigenvalue weighted by molar-refractivity contribution is 7.94. The van der Waals surface area contributed by atoms with Gasteiger partial charge in [-0.15, -0.1) is 24.8 Å². The van der Waals surface area contributed by atoms with Crippen molar-refractivity contribution in [2.45, 2.75) is 37.7 Å². The maximum atomic E-state index is 12.6. The lowest BCUT2D eigenvalue weighted by atomic mass is 10.0. The summed E-state index contributed by atoms with van der Waals surface area (Å²) in [6.07, 6.45) is 6.26. The van der Waals surface area contributed by atoms with Crippen LogP contribution in [0.5, 0.6) is 11.5 Å². The first-order valence-corrected chi connectivity index (χ1v) is 25.3. The number of aliphatic carboxylic acids is 1. The molecule has 1 unspecified atom stereocenters. The number of methoxy groups -OCH3 is 1. The SMILES string of the molecule is C=CCN(CC=C)C(=O)C(Cl)Cl.CCc1cccc(CC)c1N(COC)C(=O)CCl.C[S+](C)C.O=C(O)CNCP(=O)([O-])O.O=C(O)c1cc(Oc2ccc(C(F)(F)F)cc2Cl)ccc1[N+](=O)[O-]. The number of halogens is 7. The van der Waals surface area contributed by atoms with Crippen LogP contribution < -0.4 is 19.8 Å². The first-order chi connectivity index (χ1) is 31.6. The van der Waals surface area contributed by atoms with Gasteiger partial charge < -0.3 is 38.9 Å². The Morgan fingerprint density at radius 1 is 0.985 bits per heavy atom. The summed E-state index contributed by atoms with van der Waals surface area (Å²) < 4.78 is 58.0. The van der Waals surface area contributed by atoms with Gasteiger partial charge >= 0.3 is 18.1 Å². The Morgan fingerprint density at radius 2 is 1.51 bits per heavy atom. The van der Waals surface area contributed by atoms with E-state index < -0.39 is 65.1 Å². The quantitative estimate of drug-likeness (QED) is 0.0167. The average molecular weight is 1080 g/mol. The summed E-state index contributed by atoms with van der Waals surface area (Å²) in [4.78, 5) is 73.9. The summed E-state index contributed by atoms with van der Waals surface area (Å²) in [5.74, 6) is -3.49. The molecule has 17 nitrogen and oxygen atoms in total. The number of anilines is 1. The smallest absolute Gasteiger partial charge is 0.416 e. The molecule has 2 amide bonds. The highest BCUT2D eigenvalue weighted by Gasteiger charge is 2.31. The Kier molecular flexibility index (Phi) is 32.8. The molecule has 0 aliphatic carbocycles. The second kappa shape index (κ2) is 34.0. The van der Waals surface area contributed by atoms with E-state index in [0.29, 0.717) is 30.1 Å². The van der Waals surface area contributed by atoms with Crippen molar-refractivity contribution in [2.24, 2.45) is 0 Å². The molecule has 3 rings (SSSR count). The Labute approximate surface area is 415 Å². The second-order valence-electron chi connectivity index (χ2n) is 13.5. The molecule has 0 bridgehead atoms. The summed E-state index contributed by atoms with van der Waals surface area (Å²) in [5, 5.41) is 29.4. The number of rotatable bonds is 19. The van der Waals surface area contributed by atoms with Crippen LogP contribution in [0.3, 0.4) is 0 Å². The summed E-state index contributed by atoms with van der Waals surface area (Å²) in [6, 6.07) is 11.4. The van der Waals surface area contributed by atoms with E-state index in [4.69, 9.17) is 71.0 Å². The number of ether oxygens (including phenoxy) is 2. The molecule has 380 valence electrons. The minimum Gasteiger partial charge on any atom is -0.778 e. The third-order valence-corrected chi connectivity index (χ3v) is 9.10. The number of carbonyl (C=O) groups is 4. The summed E-state index contributed by atoms with van der Waals surface area (Å²) in [6.45, 7) is 11.8. The van der Waals surface area contributed by atoms with Gasteiger partial charge in [-0.3, -0.25) is 34.7 Å². The number of alkyl halides is 6. The van der Waals surface area contributed by atoms with Gasteiger partial charge in [0.1, 0.15) is 37.3 Å². The fraction of sp³-hybridized carbons (Fsp3) is 0.381. The van der Waals surface area contributed by atoms with E-state index in [1.165, 1.54) is 4.90 Å². The topological polar surface area (TPSA) is 249 Å². The largest absolute Gasteiger partial charge is 0.778 e. The Morgan fingerprint density at radius 3 is 1.88 bits per heavy atom. The van der Waals surface area contributed by atoms with Crippen molar-refractivity contribution in [1.82, 2.24) is 10.2 Å². The van der Waals surface area contributed by atoms with Crippen LogP contribution in [0.1, 0.15) is 40.9 Å². The monoisotopic (exact) mass is 1080 g/mol. The van der Waals surface area contributed by atoms with E-state index >= 15 is 0 Å². The van der Waals surface area contributed by atoms with Crippen LogP contribution in [-0.2, 0) is 53.6 Å². The molecule has 3 aromatic carbocycles. The molecule has 1 atom stereocenters. The maximum absolute atomic E-state index is 12.6. The van der Waals surface area contributed by atoms with E-state index in [0.717, 1.165) is 60.0 Å². The number of amides is 2. The number of nitrogens with one attached hydrogen (secondary N) is 1. The number of carboxylic acid groups (broad SMARTS) is 2. The number of nitro benzene ring substituents is 1. The summed E-state index contributed by atoms with van der Waals surface area (Å²) in [5.41, 5.74) is 0.994. The van der Waals surface area contributed by atoms with Gasteiger partial charge in [0, 0.05) is 32.3 Å². The molecular formula is C42H54Cl4F3N4O13PS. The van der Waals surface area contributed by atoms with Crippen LogP contribution >= 0.6 is 54.0 Å². The number of aromatic carboxylic acids is 1. The number of aryl methyl sites for hydroxylation is 2. The molecule has 0 saturated heterocycles. The van der Waals surface area contributed by atoms with Crippen molar-refractivity contribution < 1.29 is 71.3 Å². The molecular weight excluding hydrogens is 1030 g/mol. The number of nitro groups is 1. The van der Waals surface area contributed by atoms with Gasteiger partial charge in [-0.1, -0.05) is 79.0 Å². The lowest BCUT2D eigenvalue weighted by molar-refractivity contribution is -0.385. The van der Waals surface area contributed by atoms with E-state index in [-0.39, 0.29) is 40.9 Å². The van der Waals surface area contributed by atoms with Crippen molar-refractivity contribution in [3.05, 3.63) is 117 Å². The number of nitrogens with zero attached hydrogens (tertiary/aromatic N) is 3. The number of benzene rings is 3. The maximum Gasteiger partial charge on any atom is 0.416 e. The van der Waals surface area contributed by atoms with Crippen LogP contribution in [0.15, 0.2) is 79.9 Å². The van der Waals surface area contributed by atoms with Gasteiger partial charge in [0.2, 0.25) is 5.91 Å². The van der Waals surface area contributed by atoms with Crippen molar-refractivity contribution >= 4 is 100 Å². The fourth-order valence-corrected chi connectivity index (χ4v) is 5.86. The number of hydrogen-bond donors (Lipinski definition) is 4. The lowest BCUT2D eigenvalue weighted by Gasteiger charge is -2.26. The molecule has 0 aliphatic heterocycles. The van der Waals surface area contributed by atoms with E-state index in [9.17, 15) is 51.9 Å². The zero-order chi connectivity index (χ0) is 52.9. The molecule has 68 heavy (non-hydrogen) atoms. The molecule has 0 fully saturated rings. The zero-order valence-corrected chi connectivity index (χ0v) is 42.5. The molecule has 3 aromatic rings. The molecule has 0 spiro atoms. The van der Waals surface area contributed by atoms with Gasteiger partial charge in [0.15, 0.2) is 4.84 Å². The number of carbonyl (C=O) groups excluding carboxylic acids is 2. The minimum absolute atomic E-state index is 0.0371. The van der Waals surface area contributed by atoms with Crippen LogP contribution in [0, 0.1) is 10.1 Å². The fourth-order valence-electron chi connectivity index (χ4n) is 4.83. The van der Waals surface area contributed by atoms with E-state index in [1.54, 1.807) is 24.2 Å². The molecule has 0 heterocycles. The van der Waals surface area contributed by atoms with Crippen molar-refractivity contribution in [3.8, 4) is 11.5 Å². The first-order valence-electron chi connectivity index (χ1n) is 19.3. The molecule has 0 radical (unpaired) electrons. The molecule has 0 aromatic heterocycles. The average Bonchev–Trinajstić information content (AvgIpc) is 3.24. The Balaban J connectivity index is 0. The van der Waals surface area contributed by atoms with Crippen LogP contribution in [0.25, 0.3) is 0 Å². The van der Waals surface area contributed by atoms with Gasteiger partial charge in [0.25, 0.3) is 11.6 Å². The zero-order valence-electron chi connectivity index (χ0n) is 37.8. The van der Waals surface area contributed by atoms with Crippen LogP contribution in [0.2, 0.25) is 5.02 Å². The molecule has 4 N–H and O–H groups in total. The third kappa shape index (κ3) is 27.0. The Hall–Kier alpha value is -4.41. The van der Waals surface area contributed by atoms with Crippen LogP contribution in [0.4, 0.5) is 24.5 Å². The predicted octanol–water partition coefficient (Wildman–Crippen LogP) is 8.39. The van der Waals surface area contributed by atoms with Gasteiger partial charge in [-0.05, 0) is 59.1 Å². The van der Waals surface area contributed by atoms with Crippen LogP contribution in [-0.4, -0.2) is 118 Å². The van der Waals surface area contributed by atoms with Gasteiger partial charge in [0.05, 0.1) is 52.8 Å². The normalized spacial score (nSPS) is 11.3. The number of para-hydroxylation sites is 1. The standard InChI is InChI=1S/C14H7ClF3NO5.C14H20ClNO2.C8H11Cl2NO.C3H8NO5P.C3H9S/c15-10-5-7(14(16,17)18)1-4-12(10)24-8-2-3-11(19(22)23)9(6-8)13(20)21;1-4-11-7-6-8-12(5-2)14(11)16(10-18-3)13(17)9-15;1-3-5-11(6-4-2)8(12)7(9)10;5-3(6)1-4-2-10(7,8)9;1-4(2)3/h1-6H,(H,20,21);6-8H,4-5,9-10H2,1-3H3;3-4,7H,1-2,5-6H2;4H,1-2H2,(H,5,6)(H2,7,8,9);1-3H3/q;;;;+1/p-1. The minimum atomic E-state index is -4.58. The van der Waals surface area contributed by atoms with Crippen molar-refractivity contribution in [2.75, 3.05) is 69.3 Å². The summed E-state index contributed by atoms with van der Waals surface area (Å²) >= 11 is 22.2. The second-order valence-corrected chi connectivity index (χ2v) is 19.3. The van der Waals surface area contributed by atoms with Gasteiger partial charge in [-0.2, -0.15) is 13.2 Å². The number of carboxylic acids is 2. The molecule has 26 heteroatoms. The summed E-state index contributed by atoms with van der Waals surface area (Å²) in [7, 11) is -2.13. The van der Waals surface area contributed by atoms with E-state index in [1.807, 2.05) is 23.5 Å². The third-order valence-electron chi connectivity index (χ3n) is 7.58. The predicted molar refractivity (Wildman–Crippen MR) is 260 cm³/mol. The lowest BCUT2D eigenvalue weighted by Crippen LogP contribution is -2.35. The first kappa shape index (κ1) is 65.7. The number of hydrogen-bond acceptors (Lipinski definition) is 11. The van der Waals surface area contributed by atoms with E-state index in [2.05, 4.69) is 45.8 Å². The van der Waals surface area contributed by atoms with Crippen molar-refractivity contribution in [1.29, 1.82) is 0 Å². The highest BCUT2D eigenvalue weighted by Crippen LogP contribution is 2.37. The van der Waals surface area contributed by atoms with Gasteiger partial charge in [-0.25, -0.2) is 4.79 Å².